The average molecular weight is 300 g/mol. The van der Waals surface area contributed by atoms with E-state index in [9.17, 15) is 9.90 Å². The summed E-state index contributed by atoms with van der Waals surface area (Å²) >= 11 is 5.75. The molecular formula is C16H10ClNO3. The molecular weight excluding hydrogens is 290 g/mol. The molecule has 21 heavy (non-hydrogen) atoms. The number of aliphatic imine (C=N–C) groups is 1. The highest BCUT2D eigenvalue weighted by Crippen LogP contribution is 2.28. The second kappa shape index (κ2) is 5.42. The third-order valence-electron chi connectivity index (χ3n) is 2.99. The molecule has 0 aliphatic rings. The molecule has 0 saturated carbocycles. The van der Waals surface area contributed by atoms with Crippen molar-refractivity contribution in [1.29, 1.82) is 0 Å². The first-order valence-electron chi connectivity index (χ1n) is 6.18. The Hall–Kier alpha value is -2.59. The molecule has 0 fully saturated rings. The molecule has 0 spiro atoms. The van der Waals surface area contributed by atoms with Gasteiger partial charge in [0.05, 0.1) is 10.9 Å². The van der Waals surface area contributed by atoms with Gasteiger partial charge in [0.25, 0.3) is 0 Å². The fraction of sp³-hybridized carbons (Fsp3) is 0. The van der Waals surface area contributed by atoms with Crippen molar-refractivity contribution in [3.8, 4) is 5.75 Å². The second-order valence-corrected chi connectivity index (χ2v) is 4.84. The van der Waals surface area contributed by atoms with Gasteiger partial charge in [-0.1, -0.05) is 23.7 Å². The van der Waals surface area contributed by atoms with E-state index >= 15 is 0 Å². The van der Waals surface area contributed by atoms with Gasteiger partial charge >= 0.3 is 0 Å². The van der Waals surface area contributed by atoms with Gasteiger partial charge in [-0.25, -0.2) is 0 Å². The Morgan fingerprint density at radius 1 is 1.19 bits per heavy atom. The zero-order chi connectivity index (χ0) is 14.8. The van der Waals surface area contributed by atoms with E-state index < -0.39 is 0 Å². The maximum Gasteiger partial charge on any atom is 0.201 e. The van der Waals surface area contributed by atoms with Crippen LogP contribution in [0.5, 0.6) is 5.75 Å². The fourth-order valence-electron chi connectivity index (χ4n) is 1.93. The van der Waals surface area contributed by atoms with E-state index in [-0.39, 0.29) is 11.2 Å². The topological polar surface area (TPSA) is 62.8 Å². The first kappa shape index (κ1) is 13.4. The molecule has 0 amide bonds. The van der Waals surface area contributed by atoms with Crippen molar-refractivity contribution in [3.05, 3.63) is 69.5 Å². The van der Waals surface area contributed by atoms with Crippen molar-refractivity contribution in [1.82, 2.24) is 0 Å². The predicted molar refractivity (Wildman–Crippen MR) is 82.9 cm³/mol. The lowest BCUT2D eigenvalue weighted by molar-refractivity contribution is 0.477. The molecule has 1 aromatic heterocycles. The van der Waals surface area contributed by atoms with Gasteiger partial charge in [0.1, 0.15) is 23.3 Å². The summed E-state index contributed by atoms with van der Waals surface area (Å²) in [6.45, 7) is 0. The highest BCUT2D eigenvalue weighted by Gasteiger charge is 2.05. The van der Waals surface area contributed by atoms with Crippen LogP contribution in [0.15, 0.2) is 62.9 Å². The Bertz CT molecular complexity index is 899. The molecule has 0 unspecified atom stereocenters. The highest BCUT2D eigenvalue weighted by atomic mass is 35.5. The zero-order valence-corrected chi connectivity index (χ0v) is 11.5. The lowest BCUT2D eigenvalue weighted by Gasteiger charge is -2.00. The minimum Gasteiger partial charge on any atom is -0.506 e. The molecule has 104 valence electrons. The third-order valence-corrected chi connectivity index (χ3v) is 3.22. The molecule has 3 aromatic rings. The van der Waals surface area contributed by atoms with E-state index in [1.165, 1.54) is 18.5 Å². The number of halogens is 1. The SMILES string of the molecule is O=c1c(C=Nc2ccc(Cl)cc2O)coc2ccccc12. The molecule has 2 aromatic carbocycles. The van der Waals surface area contributed by atoms with Crippen molar-refractivity contribution in [3.63, 3.8) is 0 Å². The minimum atomic E-state index is -0.172. The van der Waals surface area contributed by atoms with Gasteiger partial charge < -0.3 is 9.52 Å². The summed E-state index contributed by atoms with van der Waals surface area (Å²) in [5.74, 6) is -0.0519. The maximum atomic E-state index is 12.3. The minimum absolute atomic E-state index is 0.0519. The number of para-hydroxylation sites is 1. The number of fused-ring (bicyclic) bond motifs is 1. The maximum absolute atomic E-state index is 12.3. The van der Waals surface area contributed by atoms with Crippen LogP contribution in [-0.2, 0) is 0 Å². The lowest BCUT2D eigenvalue weighted by Crippen LogP contribution is -2.07. The number of aromatic hydroxyl groups is 1. The summed E-state index contributed by atoms with van der Waals surface area (Å²) in [4.78, 5) is 16.3. The summed E-state index contributed by atoms with van der Waals surface area (Å²) in [6.07, 6.45) is 2.71. The predicted octanol–water partition coefficient (Wildman–Crippen LogP) is 3.90. The van der Waals surface area contributed by atoms with E-state index in [4.69, 9.17) is 16.0 Å². The van der Waals surface area contributed by atoms with E-state index in [1.807, 2.05) is 0 Å². The zero-order valence-electron chi connectivity index (χ0n) is 10.8. The normalized spacial score (nSPS) is 11.3. The average Bonchev–Trinajstić information content (AvgIpc) is 2.48. The van der Waals surface area contributed by atoms with Crippen LogP contribution in [0.1, 0.15) is 5.56 Å². The van der Waals surface area contributed by atoms with Gasteiger partial charge in [-0.15, -0.1) is 0 Å². The number of phenolic OH excluding ortho intramolecular Hbond substituents is 1. The van der Waals surface area contributed by atoms with E-state index in [1.54, 1.807) is 36.4 Å². The lowest BCUT2D eigenvalue weighted by atomic mass is 10.2. The van der Waals surface area contributed by atoms with Gasteiger partial charge in [0.2, 0.25) is 5.43 Å². The van der Waals surface area contributed by atoms with Crippen molar-refractivity contribution in [2.75, 3.05) is 0 Å². The van der Waals surface area contributed by atoms with Crippen LogP contribution < -0.4 is 5.43 Å². The number of hydrogen-bond donors (Lipinski definition) is 1. The number of benzene rings is 2. The van der Waals surface area contributed by atoms with Gasteiger partial charge in [0.15, 0.2) is 0 Å². The molecule has 4 nitrogen and oxygen atoms in total. The molecule has 3 rings (SSSR count). The van der Waals surface area contributed by atoms with Gasteiger partial charge in [0, 0.05) is 17.3 Å². The van der Waals surface area contributed by atoms with Crippen LogP contribution in [0.4, 0.5) is 5.69 Å². The quantitative estimate of drug-likeness (QED) is 0.730. The highest BCUT2D eigenvalue weighted by molar-refractivity contribution is 6.30. The van der Waals surface area contributed by atoms with Gasteiger partial charge in [-0.2, -0.15) is 0 Å². The van der Waals surface area contributed by atoms with E-state index in [0.29, 0.717) is 27.2 Å². The Kier molecular flexibility index (Phi) is 3.46. The molecule has 1 N–H and O–H groups in total. The van der Waals surface area contributed by atoms with Crippen LogP contribution in [0.3, 0.4) is 0 Å². The first-order chi connectivity index (χ1) is 10.1. The smallest absolute Gasteiger partial charge is 0.201 e. The Morgan fingerprint density at radius 2 is 2.00 bits per heavy atom. The Labute approximate surface area is 124 Å². The summed E-state index contributed by atoms with van der Waals surface area (Å²) in [7, 11) is 0. The molecule has 0 saturated heterocycles. The Balaban J connectivity index is 2.03. The van der Waals surface area contributed by atoms with Gasteiger partial charge in [-0.3, -0.25) is 9.79 Å². The molecule has 0 atom stereocenters. The summed E-state index contributed by atoms with van der Waals surface area (Å²) in [5.41, 5.74) is 0.984. The van der Waals surface area contributed by atoms with E-state index in [0.717, 1.165) is 0 Å². The van der Waals surface area contributed by atoms with Crippen LogP contribution in [0.25, 0.3) is 11.0 Å². The largest absolute Gasteiger partial charge is 0.506 e. The summed E-state index contributed by atoms with van der Waals surface area (Å²) in [6, 6.07) is 11.5. The standard InChI is InChI=1S/C16H10ClNO3/c17-11-5-6-13(14(19)7-11)18-8-10-9-21-15-4-2-1-3-12(15)16(10)20/h1-9,19H. The molecule has 0 radical (unpaired) electrons. The van der Waals surface area contributed by atoms with Crippen molar-refractivity contribution in [2.24, 2.45) is 4.99 Å². The number of nitrogens with zero attached hydrogens (tertiary/aromatic N) is 1. The second-order valence-electron chi connectivity index (χ2n) is 4.41. The molecule has 0 aliphatic carbocycles. The Morgan fingerprint density at radius 3 is 2.81 bits per heavy atom. The monoisotopic (exact) mass is 299 g/mol. The number of hydrogen-bond acceptors (Lipinski definition) is 4. The molecule has 5 heteroatoms. The number of rotatable bonds is 2. The summed E-state index contributed by atoms with van der Waals surface area (Å²) in [5, 5.41) is 10.6. The van der Waals surface area contributed by atoms with Crippen LogP contribution >= 0.6 is 11.6 Å². The summed E-state index contributed by atoms with van der Waals surface area (Å²) < 4.78 is 5.39. The number of phenols is 1. The molecule has 1 heterocycles. The third kappa shape index (κ3) is 2.66. The fourth-order valence-corrected chi connectivity index (χ4v) is 2.09. The van der Waals surface area contributed by atoms with E-state index in [2.05, 4.69) is 4.99 Å². The van der Waals surface area contributed by atoms with Crippen molar-refractivity contribution < 1.29 is 9.52 Å². The molecule has 0 bridgehead atoms. The molecule has 0 aliphatic heterocycles. The van der Waals surface area contributed by atoms with Gasteiger partial charge in [-0.05, 0) is 24.3 Å². The van der Waals surface area contributed by atoms with Crippen molar-refractivity contribution >= 4 is 34.5 Å². The van der Waals surface area contributed by atoms with Crippen LogP contribution in [0.2, 0.25) is 5.02 Å². The van der Waals surface area contributed by atoms with Crippen LogP contribution in [-0.4, -0.2) is 11.3 Å². The first-order valence-corrected chi connectivity index (χ1v) is 6.56. The van der Waals surface area contributed by atoms with Crippen LogP contribution in [0, 0.1) is 0 Å². The van der Waals surface area contributed by atoms with Crippen molar-refractivity contribution in [2.45, 2.75) is 0 Å².